The fourth-order valence-corrected chi connectivity index (χ4v) is 9.44. The first-order valence-corrected chi connectivity index (χ1v) is 34.0. The lowest BCUT2D eigenvalue weighted by Gasteiger charge is -2.18. The molecule has 6 nitrogen and oxygen atoms in total. The van der Waals surface area contributed by atoms with Crippen LogP contribution in [0.5, 0.6) is 0 Å². The van der Waals surface area contributed by atoms with Crippen LogP contribution in [0.1, 0.15) is 316 Å². The molecule has 0 rings (SSSR count). The molecule has 462 valence electrons. The van der Waals surface area contributed by atoms with E-state index in [4.69, 9.17) is 14.2 Å². The van der Waals surface area contributed by atoms with E-state index < -0.39 is 6.10 Å². The van der Waals surface area contributed by atoms with Crippen LogP contribution in [0.25, 0.3) is 0 Å². The molecule has 0 aliphatic rings. The molecule has 0 aromatic heterocycles. The zero-order valence-electron chi connectivity index (χ0n) is 53.0. The molecule has 0 aromatic carbocycles. The number of allylic oxidation sites excluding steroid dienone is 20. The van der Waals surface area contributed by atoms with E-state index in [0.717, 1.165) is 128 Å². The Morgan fingerprint density at radius 2 is 0.481 bits per heavy atom. The first-order valence-electron chi connectivity index (χ1n) is 34.0. The number of rotatable bonds is 61. The van der Waals surface area contributed by atoms with E-state index in [1.807, 2.05) is 0 Å². The van der Waals surface area contributed by atoms with Crippen molar-refractivity contribution in [1.29, 1.82) is 0 Å². The highest BCUT2D eigenvalue weighted by Gasteiger charge is 2.19. The molecule has 0 aliphatic carbocycles. The molecule has 0 bridgehead atoms. The molecule has 0 N–H and O–H groups in total. The van der Waals surface area contributed by atoms with Gasteiger partial charge in [0.15, 0.2) is 6.10 Å². The van der Waals surface area contributed by atoms with E-state index in [2.05, 4.69) is 142 Å². The van der Waals surface area contributed by atoms with Crippen molar-refractivity contribution >= 4 is 17.9 Å². The Morgan fingerprint density at radius 3 is 0.753 bits per heavy atom. The predicted octanol–water partition coefficient (Wildman–Crippen LogP) is 23.6. The second-order valence-electron chi connectivity index (χ2n) is 22.3. The number of carbonyl (C=O) groups excluding carboxylic acids is 3. The van der Waals surface area contributed by atoms with Crippen LogP contribution in [0.4, 0.5) is 0 Å². The van der Waals surface area contributed by atoms with Gasteiger partial charge < -0.3 is 14.2 Å². The maximum absolute atomic E-state index is 12.9. The number of hydrogen-bond acceptors (Lipinski definition) is 6. The first kappa shape index (κ1) is 76.8. The van der Waals surface area contributed by atoms with Gasteiger partial charge in [-0.2, -0.15) is 0 Å². The highest BCUT2D eigenvalue weighted by molar-refractivity contribution is 5.71. The largest absolute Gasteiger partial charge is 0.462 e. The maximum atomic E-state index is 12.9. The van der Waals surface area contributed by atoms with E-state index >= 15 is 0 Å². The summed E-state index contributed by atoms with van der Waals surface area (Å²) in [6.45, 7) is 6.38. The Balaban J connectivity index is 4.05. The van der Waals surface area contributed by atoms with Gasteiger partial charge in [-0.25, -0.2) is 0 Å². The molecule has 0 saturated carbocycles. The lowest BCUT2D eigenvalue weighted by atomic mass is 10.0. The molecule has 0 spiro atoms. The average Bonchev–Trinajstić information content (AvgIpc) is 3.47. The smallest absolute Gasteiger partial charge is 0.306 e. The summed E-state index contributed by atoms with van der Waals surface area (Å²) in [7, 11) is 0. The summed E-state index contributed by atoms with van der Waals surface area (Å²) in [5.74, 6) is -0.885. The molecular formula is C75H126O6. The lowest BCUT2D eigenvalue weighted by Crippen LogP contribution is -2.30. The van der Waals surface area contributed by atoms with E-state index in [9.17, 15) is 14.4 Å². The van der Waals surface area contributed by atoms with Gasteiger partial charge in [-0.05, 0) is 109 Å². The third-order valence-corrected chi connectivity index (χ3v) is 14.5. The summed E-state index contributed by atoms with van der Waals surface area (Å²) in [5.41, 5.74) is 0. The molecule has 0 saturated heterocycles. The molecule has 1 atom stereocenters. The average molecular weight is 1120 g/mol. The van der Waals surface area contributed by atoms with Crippen LogP contribution >= 0.6 is 0 Å². The van der Waals surface area contributed by atoms with Gasteiger partial charge in [-0.3, -0.25) is 14.4 Å². The molecule has 0 aromatic rings. The van der Waals surface area contributed by atoms with Gasteiger partial charge in [0.2, 0.25) is 0 Å². The minimum Gasteiger partial charge on any atom is -0.462 e. The second-order valence-corrected chi connectivity index (χ2v) is 22.3. The van der Waals surface area contributed by atoms with Crippen LogP contribution in [0.2, 0.25) is 0 Å². The Labute approximate surface area is 501 Å². The lowest BCUT2D eigenvalue weighted by molar-refractivity contribution is -0.167. The minimum atomic E-state index is -0.781. The van der Waals surface area contributed by atoms with Gasteiger partial charge in [0, 0.05) is 19.3 Å². The van der Waals surface area contributed by atoms with Crippen molar-refractivity contribution in [2.75, 3.05) is 13.2 Å². The standard InChI is InChI=1S/C75H126O6/c1-4-7-10-13-16-18-20-22-24-26-28-30-31-32-33-34-35-36-37-38-39-40-41-42-43-45-46-48-50-52-54-56-59-62-65-68-74(77)80-71-72(70-79-73(76)67-64-61-58-15-12-9-6-3)81-75(78)69-66-63-60-57-55-53-51-49-47-44-29-27-25-23-21-19-17-14-11-8-5-2/h7-8,10-11,16-19,22-25,28-30,32-33,35-36,44,72H,4-6,9,12-15,20-21,26-27,31,34,37-43,45-71H2,1-3H3/b10-7-,11-8-,18-16-,19-17-,24-22-,25-23-,30-28-,33-32-,36-35-,44-29-. The molecule has 0 radical (unpaired) electrons. The van der Waals surface area contributed by atoms with Gasteiger partial charge >= 0.3 is 17.9 Å². The van der Waals surface area contributed by atoms with E-state index in [0.29, 0.717) is 19.3 Å². The summed E-state index contributed by atoms with van der Waals surface area (Å²) in [4.78, 5) is 38.1. The third kappa shape index (κ3) is 66.5. The van der Waals surface area contributed by atoms with Gasteiger partial charge in [0.25, 0.3) is 0 Å². The second kappa shape index (κ2) is 68.3. The van der Waals surface area contributed by atoms with Crippen LogP contribution in [0.15, 0.2) is 122 Å². The normalized spacial score (nSPS) is 12.9. The Bertz CT molecular complexity index is 1670. The van der Waals surface area contributed by atoms with Gasteiger partial charge in [0.1, 0.15) is 13.2 Å². The molecule has 0 heterocycles. The Kier molecular flexibility index (Phi) is 64.8. The minimum absolute atomic E-state index is 0.0794. The van der Waals surface area contributed by atoms with Crippen LogP contribution in [0, 0.1) is 0 Å². The molecule has 0 aliphatic heterocycles. The highest BCUT2D eigenvalue weighted by Crippen LogP contribution is 2.17. The topological polar surface area (TPSA) is 78.9 Å². The quantitative estimate of drug-likeness (QED) is 0.0261. The van der Waals surface area contributed by atoms with Crippen molar-refractivity contribution in [2.24, 2.45) is 0 Å². The molecule has 1 unspecified atom stereocenters. The molecule has 81 heavy (non-hydrogen) atoms. The number of ether oxygens (including phenoxy) is 3. The summed E-state index contributed by atoms with van der Waals surface area (Å²) in [6.07, 6.45) is 95.3. The Hall–Kier alpha value is -4.19. The van der Waals surface area contributed by atoms with Gasteiger partial charge in [-0.1, -0.05) is 309 Å². The maximum Gasteiger partial charge on any atom is 0.306 e. The van der Waals surface area contributed by atoms with Gasteiger partial charge in [0.05, 0.1) is 0 Å². The zero-order valence-corrected chi connectivity index (χ0v) is 53.0. The molecule has 0 amide bonds. The highest BCUT2D eigenvalue weighted by atomic mass is 16.6. The van der Waals surface area contributed by atoms with Crippen molar-refractivity contribution in [3.63, 3.8) is 0 Å². The van der Waals surface area contributed by atoms with Crippen molar-refractivity contribution < 1.29 is 28.6 Å². The van der Waals surface area contributed by atoms with E-state index in [-0.39, 0.29) is 31.1 Å². The van der Waals surface area contributed by atoms with Crippen LogP contribution in [0.3, 0.4) is 0 Å². The predicted molar refractivity (Wildman–Crippen MR) is 353 cm³/mol. The molecular weight excluding hydrogens is 997 g/mol. The SMILES string of the molecule is CC/C=C\C/C=C\C/C=C\C/C=C\C/C=C\C/C=C\CCCCCCCCCCCCCCCCCCC(=O)OCC(COC(=O)CCCCCCCCC)OC(=O)CCCCCCCCCC/C=C\C/C=C\C/C=C\C/C=C\CC. The fraction of sp³-hybridized carbons (Fsp3) is 0.693. The van der Waals surface area contributed by atoms with Crippen LogP contribution in [-0.4, -0.2) is 37.2 Å². The zero-order chi connectivity index (χ0) is 58.5. The summed E-state index contributed by atoms with van der Waals surface area (Å²) in [5, 5.41) is 0. The first-order chi connectivity index (χ1) is 40.0. The van der Waals surface area contributed by atoms with Gasteiger partial charge in [-0.15, -0.1) is 0 Å². The summed E-state index contributed by atoms with van der Waals surface area (Å²) >= 11 is 0. The molecule has 0 fully saturated rings. The Morgan fingerprint density at radius 1 is 0.259 bits per heavy atom. The van der Waals surface area contributed by atoms with Crippen molar-refractivity contribution in [3.8, 4) is 0 Å². The van der Waals surface area contributed by atoms with Crippen LogP contribution in [-0.2, 0) is 28.6 Å². The van der Waals surface area contributed by atoms with E-state index in [1.165, 1.54) is 148 Å². The monoisotopic (exact) mass is 1120 g/mol. The van der Waals surface area contributed by atoms with E-state index in [1.54, 1.807) is 0 Å². The van der Waals surface area contributed by atoms with Crippen molar-refractivity contribution in [2.45, 2.75) is 322 Å². The van der Waals surface area contributed by atoms with Crippen molar-refractivity contribution in [3.05, 3.63) is 122 Å². The third-order valence-electron chi connectivity index (χ3n) is 14.5. The fourth-order valence-electron chi connectivity index (χ4n) is 9.44. The number of hydrogen-bond donors (Lipinski definition) is 0. The number of unbranched alkanes of at least 4 members (excludes halogenated alkanes) is 30. The number of carbonyl (C=O) groups is 3. The van der Waals surface area contributed by atoms with Crippen molar-refractivity contribution in [1.82, 2.24) is 0 Å². The molecule has 6 heteroatoms. The summed E-state index contributed by atoms with van der Waals surface area (Å²) < 4.78 is 16.9. The number of esters is 3. The summed E-state index contributed by atoms with van der Waals surface area (Å²) in [6, 6.07) is 0. The van der Waals surface area contributed by atoms with Crippen LogP contribution < -0.4 is 0 Å².